The molecule has 1 amide bonds. The van der Waals surface area contributed by atoms with Gasteiger partial charge in [0.25, 0.3) is 0 Å². The van der Waals surface area contributed by atoms with Crippen LogP contribution < -0.4 is 11.1 Å². The van der Waals surface area contributed by atoms with Crippen LogP contribution in [0.4, 0.5) is 0 Å². The number of nitrogens with one attached hydrogen (secondary N) is 1. The molecule has 21 heavy (non-hydrogen) atoms. The van der Waals surface area contributed by atoms with Crippen molar-refractivity contribution in [3.63, 3.8) is 0 Å². The first-order chi connectivity index (χ1) is 10.2. The highest BCUT2D eigenvalue weighted by Crippen LogP contribution is 2.18. The Morgan fingerprint density at radius 2 is 2.00 bits per heavy atom. The molecule has 1 aromatic carbocycles. The molecule has 1 unspecified atom stereocenters. The van der Waals surface area contributed by atoms with Crippen LogP contribution in [0, 0.1) is 0 Å². The number of benzene rings is 1. The van der Waals surface area contributed by atoms with Crippen molar-refractivity contribution in [3.8, 4) is 0 Å². The van der Waals surface area contributed by atoms with Crippen LogP contribution in [0.15, 0.2) is 30.3 Å². The number of amides is 1. The zero-order valence-electron chi connectivity index (χ0n) is 12.9. The standard InChI is InChI=1S/C17H27N3O/c1-14(17(21)19-16-9-5-6-10-16)20(12-11-18)13-15-7-3-2-4-8-15/h2-4,7-8,14,16H,5-6,9-13,18H2,1H3,(H,19,21). The molecule has 3 N–H and O–H groups in total. The molecule has 1 fully saturated rings. The highest BCUT2D eigenvalue weighted by atomic mass is 16.2. The van der Waals surface area contributed by atoms with Crippen molar-refractivity contribution in [1.82, 2.24) is 10.2 Å². The van der Waals surface area contributed by atoms with Crippen LogP contribution in [0.25, 0.3) is 0 Å². The molecule has 0 radical (unpaired) electrons. The van der Waals surface area contributed by atoms with Gasteiger partial charge in [-0.05, 0) is 25.3 Å². The second-order valence-corrected chi connectivity index (χ2v) is 5.91. The molecular weight excluding hydrogens is 262 g/mol. The Morgan fingerprint density at radius 1 is 1.33 bits per heavy atom. The van der Waals surface area contributed by atoms with Crippen LogP contribution in [0.1, 0.15) is 38.2 Å². The third kappa shape index (κ3) is 4.83. The first-order valence-corrected chi connectivity index (χ1v) is 7.99. The van der Waals surface area contributed by atoms with E-state index < -0.39 is 0 Å². The van der Waals surface area contributed by atoms with Gasteiger partial charge in [-0.1, -0.05) is 43.2 Å². The molecule has 1 aromatic rings. The van der Waals surface area contributed by atoms with E-state index in [9.17, 15) is 4.79 Å². The van der Waals surface area contributed by atoms with E-state index in [1.54, 1.807) is 0 Å². The van der Waals surface area contributed by atoms with Crippen molar-refractivity contribution in [2.45, 2.75) is 51.2 Å². The average molecular weight is 289 g/mol. The van der Waals surface area contributed by atoms with Gasteiger partial charge in [0.05, 0.1) is 6.04 Å². The fourth-order valence-corrected chi connectivity index (χ4v) is 2.95. The van der Waals surface area contributed by atoms with Crippen molar-refractivity contribution in [1.29, 1.82) is 0 Å². The van der Waals surface area contributed by atoms with Crippen molar-refractivity contribution >= 4 is 5.91 Å². The highest BCUT2D eigenvalue weighted by molar-refractivity contribution is 5.81. The summed E-state index contributed by atoms with van der Waals surface area (Å²) in [5, 5.41) is 3.18. The Balaban J connectivity index is 1.93. The molecule has 4 heteroatoms. The van der Waals surface area contributed by atoms with Gasteiger partial charge in [-0.3, -0.25) is 9.69 Å². The Kier molecular flexibility index (Phi) is 6.21. The van der Waals surface area contributed by atoms with E-state index in [4.69, 9.17) is 5.73 Å². The summed E-state index contributed by atoms with van der Waals surface area (Å²) in [4.78, 5) is 14.6. The predicted octanol–water partition coefficient (Wildman–Crippen LogP) is 1.89. The van der Waals surface area contributed by atoms with Crippen LogP contribution in [0.5, 0.6) is 0 Å². The summed E-state index contributed by atoms with van der Waals surface area (Å²) in [6.07, 6.45) is 4.70. The zero-order valence-corrected chi connectivity index (χ0v) is 12.9. The molecule has 1 atom stereocenters. The van der Waals surface area contributed by atoms with Crippen LogP contribution in [0.2, 0.25) is 0 Å². The van der Waals surface area contributed by atoms with E-state index >= 15 is 0 Å². The largest absolute Gasteiger partial charge is 0.352 e. The fourth-order valence-electron chi connectivity index (χ4n) is 2.95. The Hall–Kier alpha value is -1.39. The van der Waals surface area contributed by atoms with Gasteiger partial charge < -0.3 is 11.1 Å². The van der Waals surface area contributed by atoms with E-state index in [0.717, 1.165) is 25.9 Å². The first kappa shape index (κ1) is 16.0. The smallest absolute Gasteiger partial charge is 0.237 e. The van der Waals surface area contributed by atoms with Crippen LogP contribution in [-0.4, -0.2) is 36.0 Å². The van der Waals surface area contributed by atoms with Crippen molar-refractivity contribution in [2.24, 2.45) is 5.73 Å². The Morgan fingerprint density at radius 3 is 2.62 bits per heavy atom. The molecule has 0 saturated heterocycles. The number of carbonyl (C=O) groups is 1. The lowest BCUT2D eigenvalue weighted by Gasteiger charge is -2.29. The topological polar surface area (TPSA) is 58.4 Å². The lowest BCUT2D eigenvalue weighted by atomic mass is 10.1. The second-order valence-electron chi connectivity index (χ2n) is 5.91. The van der Waals surface area contributed by atoms with Gasteiger partial charge in [0.15, 0.2) is 0 Å². The molecule has 1 aliphatic carbocycles. The van der Waals surface area contributed by atoms with Gasteiger partial charge in [-0.2, -0.15) is 0 Å². The van der Waals surface area contributed by atoms with E-state index in [0.29, 0.717) is 12.6 Å². The van der Waals surface area contributed by atoms with Gasteiger partial charge in [-0.25, -0.2) is 0 Å². The molecular formula is C17H27N3O. The summed E-state index contributed by atoms with van der Waals surface area (Å²) in [7, 11) is 0. The number of hydrogen-bond acceptors (Lipinski definition) is 3. The molecule has 0 bridgehead atoms. The summed E-state index contributed by atoms with van der Waals surface area (Å²) in [5.41, 5.74) is 6.93. The van der Waals surface area contributed by atoms with E-state index in [-0.39, 0.29) is 11.9 Å². The summed E-state index contributed by atoms with van der Waals surface area (Å²) in [6.45, 7) is 4.03. The summed E-state index contributed by atoms with van der Waals surface area (Å²) >= 11 is 0. The Bertz CT molecular complexity index is 429. The minimum absolute atomic E-state index is 0.131. The number of nitrogens with two attached hydrogens (primary N) is 1. The lowest BCUT2D eigenvalue weighted by molar-refractivity contribution is -0.126. The number of nitrogens with zero attached hydrogens (tertiary/aromatic N) is 1. The molecule has 4 nitrogen and oxygen atoms in total. The summed E-state index contributed by atoms with van der Waals surface area (Å²) in [5.74, 6) is 0.131. The van der Waals surface area contributed by atoms with E-state index in [1.807, 2.05) is 25.1 Å². The molecule has 0 aromatic heterocycles. The molecule has 116 valence electrons. The Labute approximate surface area is 127 Å². The average Bonchev–Trinajstić information content (AvgIpc) is 3.00. The van der Waals surface area contributed by atoms with E-state index in [2.05, 4.69) is 22.3 Å². The third-order valence-electron chi connectivity index (χ3n) is 4.27. The predicted molar refractivity (Wildman–Crippen MR) is 85.8 cm³/mol. The van der Waals surface area contributed by atoms with Crippen LogP contribution in [0.3, 0.4) is 0 Å². The fraction of sp³-hybridized carbons (Fsp3) is 0.588. The van der Waals surface area contributed by atoms with Crippen LogP contribution >= 0.6 is 0 Å². The van der Waals surface area contributed by atoms with Crippen LogP contribution in [-0.2, 0) is 11.3 Å². The van der Waals surface area contributed by atoms with Crippen molar-refractivity contribution in [3.05, 3.63) is 35.9 Å². The number of rotatable bonds is 7. The molecule has 1 saturated carbocycles. The SMILES string of the molecule is CC(C(=O)NC1CCCC1)N(CCN)Cc1ccccc1. The molecule has 2 rings (SSSR count). The van der Waals surface area contributed by atoms with Gasteiger partial charge in [0.2, 0.25) is 5.91 Å². The first-order valence-electron chi connectivity index (χ1n) is 7.99. The minimum atomic E-state index is -0.144. The molecule has 0 spiro atoms. The summed E-state index contributed by atoms with van der Waals surface area (Å²) < 4.78 is 0. The maximum Gasteiger partial charge on any atom is 0.237 e. The maximum atomic E-state index is 12.4. The lowest BCUT2D eigenvalue weighted by Crippen LogP contribution is -2.48. The minimum Gasteiger partial charge on any atom is -0.352 e. The third-order valence-corrected chi connectivity index (χ3v) is 4.27. The van der Waals surface area contributed by atoms with E-state index in [1.165, 1.54) is 18.4 Å². The van der Waals surface area contributed by atoms with Crippen molar-refractivity contribution < 1.29 is 4.79 Å². The van der Waals surface area contributed by atoms with Gasteiger partial charge in [0, 0.05) is 25.7 Å². The second kappa shape index (κ2) is 8.15. The van der Waals surface area contributed by atoms with Gasteiger partial charge >= 0.3 is 0 Å². The quantitative estimate of drug-likeness (QED) is 0.806. The molecule has 0 heterocycles. The normalized spacial score (nSPS) is 17.1. The van der Waals surface area contributed by atoms with Gasteiger partial charge in [0.1, 0.15) is 0 Å². The molecule has 0 aliphatic heterocycles. The summed E-state index contributed by atoms with van der Waals surface area (Å²) in [6, 6.07) is 10.5. The molecule has 1 aliphatic rings. The highest BCUT2D eigenvalue weighted by Gasteiger charge is 2.24. The number of hydrogen-bond donors (Lipinski definition) is 2. The van der Waals surface area contributed by atoms with Crippen molar-refractivity contribution in [2.75, 3.05) is 13.1 Å². The van der Waals surface area contributed by atoms with Gasteiger partial charge in [-0.15, -0.1) is 0 Å². The monoisotopic (exact) mass is 289 g/mol. The zero-order chi connectivity index (χ0) is 15.1. The maximum absolute atomic E-state index is 12.4. The number of carbonyl (C=O) groups excluding carboxylic acids is 1.